The lowest BCUT2D eigenvalue weighted by molar-refractivity contribution is -0.384. The fraction of sp³-hybridized carbons (Fsp3) is 0.278. The van der Waals surface area contributed by atoms with Gasteiger partial charge in [-0.2, -0.15) is 0 Å². The fourth-order valence-corrected chi connectivity index (χ4v) is 4.26. The van der Waals surface area contributed by atoms with Gasteiger partial charge in [-0.1, -0.05) is 23.2 Å². The van der Waals surface area contributed by atoms with Crippen molar-refractivity contribution in [2.24, 2.45) is 0 Å². The van der Waals surface area contributed by atoms with Gasteiger partial charge in [-0.25, -0.2) is 8.42 Å². The molecule has 0 saturated carbocycles. The van der Waals surface area contributed by atoms with Crippen LogP contribution in [0.5, 0.6) is 0 Å². The first-order valence-corrected chi connectivity index (χ1v) is 11.2. The van der Waals surface area contributed by atoms with Gasteiger partial charge in [-0.05, 0) is 30.3 Å². The maximum Gasteiger partial charge on any atom is 0.293 e. The quantitative estimate of drug-likeness (QED) is 0.515. The zero-order chi connectivity index (χ0) is 21.3. The Hall–Kier alpha value is -2.36. The maximum absolute atomic E-state index is 12.7. The lowest BCUT2D eigenvalue weighted by Crippen LogP contribution is -2.49. The van der Waals surface area contributed by atoms with E-state index in [2.05, 4.69) is 0 Å². The first kappa shape index (κ1) is 21.4. The summed E-state index contributed by atoms with van der Waals surface area (Å²) >= 11 is 12.0. The number of hydrogen-bond donors (Lipinski definition) is 0. The summed E-state index contributed by atoms with van der Waals surface area (Å²) in [5.41, 5.74) is 0.375. The van der Waals surface area contributed by atoms with Crippen LogP contribution in [-0.2, 0) is 9.84 Å². The van der Waals surface area contributed by atoms with E-state index >= 15 is 0 Å². The van der Waals surface area contributed by atoms with Crippen LogP contribution < -0.4 is 4.90 Å². The van der Waals surface area contributed by atoms with Crippen molar-refractivity contribution in [3.63, 3.8) is 0 Å². The van der Waals surface area contributed by atoms with Crippen LogP contribution in [-0.4, -0.2) is 56.6 Å². The first-order valence-electron chi connectivity index (χ1n) is 8.55. The Labute approximate surface area is 177 Å². The third-order valence-corrected chi connectivity index (χ3v) is 6.30. The molecular formula is C18H17Cl2N3O5S. The van der Waals surface area contributed by atoms with Crippen LogP contribution in [0.3, 0.4) is 0 Å². The molecule has 3 rings (SSSR count). The molecule has 1 fully saturated rings. The van der Waals surface area contributed by atoms with Gasteiger partial charge in [0.05, 0.1) is 20.4 Å². The first-order chi connectivity index (χ1) is 13.6. The Kier molecular flexibility index (Phi) is 6.02. The third-order valence-electron chi connectivity index (χ3n) is 4.64. The number of halogens is 2. The summed E-state index contributed by atoms with van der Waals surface area (Å²) in [6.45, 7) is 1.39. The van der Waals surface area contributed by atoms with E-state index in [0.717, 1.165) is 12.3 Å². The molecule has 1 aliphatic rings. The molecule has 2 aromatic rings. The van der Waals surface area contributed by atoms with E-state index in [4.69, 9.17) is 23.2 Å². The molecule has 1 heterocycles. The van der Waals surface area contributed by atoms with Gasteiger partial charge in [-0.3, -0.25) is 14.9 Å². The highest BCUT2D eigenvalue weighted by Gasteiger charge is 2.28. The smallest absolute Gasteiger partial charge is 0.293 e. The predicted octanol–water partition coefficient (Wildman–Crippen LogP) is 3.27. The highest BCUT2D eigenvalue weighted by molar-refractivity contribution is 7.90. The standard InChI is InChI=1S/C18H17Cl2N3O5S/c1-29(27,28)13-3-5-16(17(11-13)23(25)26)21-6-8-22(9-7-21)18(24)14-4-2-12(19)10-15(14)20/h2-5,10-11H,6-9H2,1H3. The minimum Gasteiger partial charge on any atom is -0.362 e. The van der Waals surface area contributed by atoms with Crippen LogP contribution in [0.15, 0.2) is 41.3 Å². The summed E-state index contributed by atoms with van der Waals surface area (Å²) in [5, 5.41) is 12.2. The Bertz CT molecular complexity index is 1080. The van der Waals surface area contributed by atoms with Gasteiger partial charge in [0, 0.05) is 43.5 Å². The highest BCUT2D eigenvalue weighted by Crippen LogP contribution is 2.32. The van der Waals surface area contributed by atoms with Crippen LogP contribution >= 0.6 is 23.2 Å². The molecule has 8 nitrogen and oxygen atoms in total. The Balaban J connectivity index is 1.78. The van der Waals surface area contributed by atoms with Gasteiger partial charge >= 0.3 is 0 Å². The second-order valence-electron chi connectivity index (χ2n) is 6.58. The van der Waals surface area contributed by atoms with Crippen molar-refractivity contribution in [1.82, 2.24) is 4.90 Å². The van der Waals surface area contributed by atoms with E-state index in [1.54, 1.807) is 21.9 Å². The molecule has 1 amide bonds. The molecule has 0 atom stereocenters. The van der Waals surface area contributed by atoms with Crippen LogP contribution in [0.4, 0.5) is 11.4 Å². The van der Waals surface area contributed by atoms with E-state index in [1.807, 2.05) is 0 Å². The fourth-order valence-electron chi connectivity index (χ4n) is 3.13. The second-order valence-corrected chi connectivity index (χ2v) is 9.44. The van der Waals surface area contributed by atoms with E-state index < -0.39 is 14.8 Å². The van der Waals surface area contributed by atoms with Gasteiger partial charge < -0.3 is 9.80 Å². The van der Waals surface area contributed by atoms with E-state index in [1.165, 1.54) is 18.2 Å². The van der Waals surface area contributed by atoms with Crippen LogP contribution in [0.1, 0.15) is 10.4 Å². The van der Waals surface area contributed by atoms with Crippen molar-refractivity contribution in [1.29, 1.82) is 0 Å². The van der Waals surface area contributed by atoms with Gasteiger partial charge in [0.25, 0.3) is 11.6 Å². The number of nitrogens with zero attached hydrogens (tertiary/aromatic N) is 3. The largest absolute Gasteiger partial charge is 0.362 e. The molecule has 0 bridgehead atoms. The van der Waals surface area contributed by atoms with Crippen LogP contribution in [0.25, 0.3) is 0 Å². The monoisotopic (exact) mass is 457 g/mol. The van der Waals surface area contributed by atoms with Crippen molar-refractivity contribution in [2.75, 3.05) is 37.3 Å². The number of carbonyl (C=O) groups is 1. The normalized spacial score (nSPS) is 14.7. The minimum atomic E-state index is -3.56. The van der Waals surface area contributed by atoms with Crippen molar-refractivity contribution >= 4 is 50.3 Å². The zero-order valence-electron chi connectivity index (χ0n) is 15.3. The van der Waals surface area contributed by atoms with Crippen molar-refractivity contribution in [3.8, 4) is 0 Å². The summed E-state index contributed by atoms with van der Waals surface area (Å²) in [6.07, 6.45) is 0.998. The molecule has 0 aromatic heterocycles. The number of nitro benzene ring substituents is 1. The van der Waals surface area contributed by atoms with Crippen molar-refractivity contribution < 1.29 is 18.1 Å². The predicted molar refractivity (Wildman–Crippen MR) is 111 cm³/mol. The average molecular weight is 458 g/mol. The number of anilines is 1. The van der Waals surface area contributed by atoms with E-state index in [-0.39, 0.29) is 21.5 Å². The minimum absolute atomic E-state index is 0.112. The van der Waals surface area contributed by atoms with Gasteiger partial charge in [0.15, 0.2) is 9.84 Å². The molecular weight excluding hydrogens is 441 g/mol. The van der Waals surface area contributed by atoms with Crippen molar-refractivity contribution in [3.05, 3.63) is 62.1 Å². The lowest BCUT2D eigenvalue weighted by atomic mass is 10.1. The van der Waals surface area contributed by atoms with Crippen LogP contribution in [0, 0.1) is 10.1 Å². The summed E-state index contributed by atoms with van der Waals surface area (Å²) in [5.74, 6) is -0.242. The topological polar surface area (TPSA) is 101 Å². The van der Waals surface area contributed by atoms with E-state index in [9.17, 15) is 23.3 Å². The summed E-state index contributed by atoms with van der Waals surface area (Å²) in [6, 6.07) is 8.50. The molecule has 0 unspecified atom stereocenters. The van der Waals surface area contributed by atoms with Gasteiger partial charge in [0.2, 0.25) is 0 Å². The molecule has 0 radical (unpaired) electrons. The molecule has 2 aromatic carbocycles. The number of carbonyl (C=O) groups excluding carboxylic acids is 1. The summed E-state index contributed by atoms with van der Waals surface area (Å²) < 4.78 is 23.4. The van der Waals surface area contributed by atoms with Gasteiger partial charge in [-0.15, -0.1) is 0 Å². The summed E-state index contributed by atoms with van der Waals surface area (Å²) in [7, 11) is -3.56. The SMILES string of the molecule is CS(=O)(=O)c1ccc(N2CCN(C(=O)c3ccc(Cl)cc3Cl)CC2)c([N+](=O)[O-])c1. The number of amides is 1. The number of nitro groups is 1. The number of piperazine rings is 1. The molecule has 0 aliphatic carbocycles. The third kappa shape index (κ3) is 4.63. The Morgan fingerprint density at radius 1 is 1.07 bits per heavy atom. The number of benzene rings is 2. The maximum atomic E-state index is 12.7. The molecule has 154 valence electrons. The van der Waals surface area contributed by atoms with Gasteiger partial charge in [0.1, 0.15) is 5.69 Å². The molecule has 1 aliphatic heterocycles. The lowest BCUT2D eigenvalue weighted by Gasteiger charge is -2.36. The number of hydrogen-bond acceptors (Lipinski definition) is 6. The van der Waals surface area contributed by atoms with E-state index in [0.29, 0.717) is 42.5 Å². The molecule has 0 N–H and O–H groups in total. The zero-order valence-corrected chi connectivity index (χ0v) is 17.7. The Morgan fingerprint density at radius 2 is 1.72 bits per heavy atom. The molecule has 29 heavy (non-hydrogen) atoms. The molecule has 0 spiro atoms. The molecule has 11 heteroatoms. The second kappa shape index (κ2) is 8.17. The van der Waals surface area contributed by atoms with Crippen molar-refractivity contribution in [2.45, 2.75) is 4.90 Å². The van der Waals surface area contributed by atoms with Crippen LogP contribution in [0.2, 0.25) is 10.0 Å². The molecule has 1 saturated heterocycles. The Morgan fingerprint density at radius 3 is 2.28 bits per heavy atom. The average Bonchev–Trinajstić information content (AvgIpc) is 2.66. The number of sulfone groups is 1. The highest BCUT2D eigenvalue weighted by atomic mass is 35.5. The summed E-state index contributed by atoms with van der Waals surface area (Å²) in [4.78, 5) is 26.8. The number of rotatable bonds is 4.